The molecule has 0 bridgehead atoms. The molecule has 0 aromatic heterocycles. The number of carboxylic acid groups (broad SMARTS) is 1. The van der Waals surface area contributed by atoms with Crippen molar-refractivity contribution in [3.05, 3.63) is 35.3 Å². The third-order valence-corrected chi connectivity index (χ3v) is 0.950. The molecule has 11 heavy (non-hydrogen) atoms. The van der Waals surface area contributed by atoms with Crippen LogP contribution in [0.2, 0.25) is 0 Å². The van der Waals surface area contributed by atoms with E-state index in [-0.39, 0.29) is 0 Å². The molecule has 0 atom stereocenters. The van der Waals surface area contributed by atoms with Crippen LogP contribution < -0.4 is 0 Å². The molecule has 4 heteroatoms. The Morgan fingerprint density at radius 1 is 1.55 bits per heavy atom. The van der Waals surface area contributed by atoms with Gasteiger partial charge < -0.3 is 5.11 Å². The van der Waals surface area contributed by atoms with Gasteiger partial charge in [-0.1, -0.05) is 0 Å². The molecule has 2 nitrogen and oxygen atoms in total. The van der Waals surface area contributed by atoms with Crippen molar-refractivity contribution in [1.29, 1.82) is 0 Å². The van der Waals surface area contributed by atoms with Crippen LogP contribution in [0, 0.1) is 11.6 Å². The van der Waals surface area contributed by atoms with E-state index in [2.05, 4.69) is 0 Å². The smallest absolute Gasteiger partial charge is 0.338 e. The lowest BCUT2D eigenvalue weighted by Gasteiger charge is -1.94. The molecule has 1 N–H and O–H groups in total. The summed E-state index contributed by atoms with van der Waals surface area (Å²) in [4.78, 5) is 10.4. The highest BCUT2D eigenvalue weighted by Gasteiger charge is 2.09. The number of carboxylic acids is 1. The van der Waals surface area contributed by atoms with Crippen LogP contribution in [0.1, 0.15) is 14.5 Å². The molecular weight excluding hydrogens is 154 g/mol. The van der Waals surface area contributed by atoms with E-state index in [0.29, 0.717) is 0 Å². The quantitative estimate of drug-likeness (QED) is 0.680. The lowest BCUT2D eigenvalue weighted by atomic mass is 10.2. The Hall–Kier alpha value is -1.45. The number of hydrogen-bond donors (Lipinski definition) is 1. The second-order valence-corrected chi connectivity index (χ2v) is 1.68. The maximum absolute atomic E-state index is 12.9. The van der Waals surface area contributed by atoms with Crippen molar-refractivity contribution in [3.63, 3.8) is 0 Å². The maximum atomic E-state index is 12.9. The summed E-state index contributed by atoms with van der Waals surface area (Å²) < 4.78 is 46.4. The van der Waals surface area contributed by atoms with Gasteiger partial charge in [0.1, 0.15) is 11.6 Å². The highest BCUT2D eigenvalue weighted by atomic mass is 19.1. The Labute approximate surface area is 65.3 Å². The van der Waals surface area contributed by atoms with Crippen LogP contribution in [0.3, 0.4) is 0 Å². The SMILES string of the molecule is [2H]c1c([2H])c(C(=O)O)c(F)c([2H])c1F. The zero-order valence-corrected chi connectivity index (χ0v) is 5.11. The van der Waals surface area contributed by atoms with Crippen molar-refractivity contribution >= 4 is 5.97 Å². The Balaban J connectivity index is 3.68. The minimum Gasteiger partial charge on any atom is -0.478 e. The van der Waals surface area contributed by atoms with Crippen LogP contribution in [-0.2, 0) is 0 Å². The van der Waals surface area contributed by atoms with Gasteiger partial charge in [0.25, 0.3) is 0 Å². The number of rotatable bonds is 1. The van der Waals surface area contributed by atoms with Crippen molar-refractivity contribution in [2.75, 3.05) is 0 Å². The van der Waals surface area contributed by atoms with Gasteiger partial charge in [0, 0.05) is 6.04 Å². The lowest BCUT2D eigenvalue weighted by Crippen LogP contribution is -2.00. The van der Waals surface area contributed by atoms with E-state index in [1.54, 1.807) is 0 Å². The molecule has 0 radical (unpaired) electrons. The predicted molar refractivity (Wildman–Crippen MR) is 33.3 cm³/mol. The summed E-state index contributed by atoms with van der Waals surface area (Å²) in [6.45, 7) is 0. The molecule has 0 fully saturated rings. The molecular formula is C7H4F2O2. The first-order chi connectivity index (χ1) is 6.37. The van der Waals surface area contributed by atoms with Crippen molar-refractivity contribution in [1.82, 2.24) is 0 Å². The maximum Gasteiger partial charge on any atom is 0.338 e. The van der Waals surface area contributed by atoms with Gasteiger partial charge in [0.2, 0.25) is 0 Å². The number of benzene rings is 1. The van der Waals surface area contributed by atoms with Crippen LogP contribution in [0.15, 0.2) is 18.1 Å². The molecule has 0 saturated heterocycles. The standard InChI is InChI=1S/C7H4F2O2/c8-4-1-2-5(7(10)11)6(9)3-4/h1-3H,(H,10,11)/i1D,2D,3D. The van der Waals surface area contributed by atoms with Gasteiger partial charge in [-0.2, -0.15) is 0 Å². The van der Waals surface area contributed by atoms with Crippen LogP contribution >= 0.6 is 0 Å². The topological polar surface area (TPSA) is 37.3 Å². The average molecular weight is 161 g/mol. The first-order valence-corrected chi connectivity index (χ1v) is 2.56. The Morgan fingerprint density at radius 3 is 2.73 bits per heavy atom. The number of carbonyl (C=O) groups is 1. The van der Waals surface area contributed by atoms with Gasteiger partial charge in [-0.05, 0) is 12.1 Å². The van der Waals surface area contributed by atoms with E-state index in [1.807, 2.05) is 0 Å². The summed E-state index contributed by atoms with van der Waals surface area (Å²) in [5.41, 5.74) is -1.15. The molecule has 0 saturated carbocycles. The molecule has 0 aliphatic carbocycles. The fourth-order valence-electron chi connectivity index (χ4n) is 0.510. The van der Waals surface area contributed by atoms with E-state index in [0.717, 1.165) is 0 Å². The molecule has 1 aromatic rings. The van der Waals surface area contributed by atoms with Crippen LogP contribution in [-0.4, -0.2) is 11.1 Å². The fourth-order valence-corrected chi connectivity index (χ4v) is 0.510. The predicted octanol–water partition coefficient (Wildman–Crippen LogP) is 1.66. The van der Waals surface area contributed by atoms with Gasteiger partial charge in [-0.25, -0.2) is 13.6 Å². The first kappa shape index (κ1) is 4.43. The van der Waals surface area contributed by atoms with Gasteiger partial charge >= 0.3 is 5.97 Å². The number of aromatic carboxylic acids is 1. The van der Waals surface area contributed by atoms with Gasteiger partial charge in [-0.15, -0.1) is 0 Å². The molecule has 0 aliphatic rings. The summed E-state index contributed by atoms with van der Waals surface area (Å²) in [5, 5.41) is 8.44. The third-order valence-electron chi connectivity index (χ3n) is 0.950. The number of halogens is 2. The molecule has 1 rings (SSSR count). The van der Waals surface area contributed by atoms with Crippen molar-refractivity contribution in [3.8, 4) is 0 Å². The molecule has 0 aliphatic heterocycles. The lowest BCUT2D eigenvalue weighted by molar-refractivity contribution is 0.0692. The van der Waals surface area contributed by atoms with Crippen LogP contribution in [0.25, 0.3) is 0 Å². The minimum absolute atomic E-state index is 1.07. The molecule has 0 heterocycles. The normalized spacial score (nSPS) is 13.5. The van der Waals surface area contributed by atoms with E-state index < -0.39 is 41.3 Å². The second-order valence-electron chi connectivity index (χ2n) is 1.68. The summed E-state index contributed by atoms with van der Waals surface area (Å²) in [6, 6.07) is -3.46. The first-order valence-electron chi connectivity index (χ1n) is 4.06. The largest absolute Gasteiger partial charge is 0.478 e. The highest BCUT2D eigenvalue weighted by Crippen LogP contribution is 2.08. The molecule has 0 spiro atoms. The van der Waals surface area contributed by atoms with Crippen LogP contribution in [0.4, 0.5) is 8.78 Å². The zero-order valence-electron chi connectivity index (χ0n) is 8.11. The summed E-state index contributed by atoms with van der Waals surface area (Å²) >= 11 is 0. The highest BCUT2D eigenvalue weighted by molar-refractivity contribution is 5.87. The van der Waals surface area contributed by atoms with E-state index in [1.165, 1.54) is 0 Å². The van der Waals surface area contributed by atoms with Crippen molar-refractivity contribution in [2.24, 2.45) is 0 Å². The van der Waals surface area contributed by atoms with E-state index >= 15 is 0 Å². The molecule has 1 aromatic carbocycles. The Morgan fingerprint density at radius 2 is 2.18 bits per heavy atom. The molecule has 58 valence electrons. The number of hydrogen-bond acceptors (Lipinski definition) is 1. The minimum atomic E-state index is -1.80. The fraction of sp³-hybridized carbons (Fsp3) is 0. The van der Waals surface area contributed by atoms with Crippen molar-refractivity contribution in [2.45, 2.75) is 0 Å². The van der Waals surface area contributed by atoms with Gasteiger partial charge in [0.05, 0.1) is 9.68 Å². The van der Waals surface area contributed by atoms with E-state index in [4.69, 9.17) is 9.22 Å². The Bertz CT molecular complexity index is 391. The van der Waals surface area contributed by atoms with Crippen molar-refractivity contribution < 1.29 is 22.8 Å². The molecule has 0 amide bonds. The third kappa shape index (κ3) is 1.52. The van der Waals surface area contributed by atoms with Gasteiger partial charge in [0.15, 0.2) is 0 Å². The zero-order chi connectivity index (χ0) is 11.0. The average Bonchev–Trinajstić information content (AvgIpc) is 2.11. The Kier molecular flexibility index (Phi) is 1.07. The monoisotopic (exact) mass is 161 g/mol. The summed E-state index contributed by atoms with van der Waals surface area (Å²) in [6.07, 6.45) is 0. The van der Waals surface area contributed by atoms with E-state index in [9.17, 15) is 13.6 Å². The van der Waals surface area contributed by atoms with Gasteiger partial charge in [-0.3, -0.25) is 0 Å². The summed E-state index contributed by atoms with van der Waals surface area (Å²) in [5.74, 6) is -4.96. The van der Waals surface area contributed by atoms with Crippen LogP contribution in [0.5, 0.6) is 0 Å². The summed E-state index contributed by atoms with van der Waals surface area (Å²) in [7, 11) is 0. The molecule has 0 unspecified atom stereocenters. The second kappa shape index (κ2) is 2.65.